The molecule has 44 heavy (non-hydrogen) atoms. The van der Waals surface area contributed by atoms with Crippen LogP contribution in [-0.4, -0.2) is 99.3 Å². The van der Waals surface area contributed by atoms with Gasteiger partial charge in [-0.25, -0.2) is 4.79 Å². The number of benzene rings is 2. The first-order valence-electron chi connectivity index (χ1n) is 14.5. The highest BCUT2D eigenvalue weighted by Crippen LogP contribution is 2.39. The lowest BCUT2D eigenvalue weighted by atomic mass is 9.85. The minimum atomic E-state index is -2.24. The summed E-state index contributed by atoms with van der Waals surface area (Å²) in [5, 5.41) is 66.5. The fraction of sp³-hybridized carbons (Fsp3) is 0.438. The van der Waals surface area contributed by atoms with Crippen molar-refractivity contribution in [3.05, 3.63) is 65.2 Å². The molecule has 0 radical (unpaired) electrons. The van der Waals surface area contributed by atoms with E-state index in [0.29, 0.717) is 29.8 Å². The Morgan fingerprint density at radius 3 is 2.57 bits per heavy atom. The zero-order valence-corrected chi connectivity index (χ0v) is 24.5. The zero-order chi connectivity index (χ0) is 31.6. The summed E-state index contributed by atoms with van der Waals surface area (Å²) in [6.07, 6.45) is -2.74. The molecule has 3 aliphatic rings. The highest BCUT2D eigenvalue weighted by molar-refractivity contribution is 5.91. The number of aliphatic hydroxyl groups excluding tert-OH is 3. The molecule has 5 rings (SSSR count). The number of fused-ring (bicyclic) bond motifs is 1. The zero-order valence-electron chi connectivity index (χ0n) is 24.5. The molecule has 236 valence electrons. The number of phenolic OH excluding ortho intramolecular Hbond substituents is 1. The minimum absolute atomic E-state index is 0.0205. The summed E-state index contributed by atoms with van der Waals surface area (Å²) in [6.45, 7) is 5.01. The van der Waals surface area contributed by atoms with Gasteiger partial charge in [-0.2, -0.15) is 0 Å². The second-order valence-electron chi connectivity index (χ2n) is 11.7. The van der Waals surface area contributed by atoms with Crippen molar-refractivity contribution in [3.63, 3.8) is 0 Å². The molecule has 12 heteroatoms. The number of carboxylic acids is 1. The Kier molecular flexibility index (Phi) is 9.28. The Morgan fingerprint density at radius 2 is 1.91 bits per heavy atom. The van der Waals surface area contributed by atoms with Crippen molar-refractivity contribution in [2.24, 2.45) is 16.8 Å². The van der Waals surface area contributed by atoms with Crippen molar-refractivity contribution in [1.82, 2.24) is 5.32 Å². The number of hydrogen-bond acceptors (Lipinski definition) is 11. The third-order valence-electron chi connectivity index (χ3n) is 8.36. The lowest BCUT2D eigenvalue weighted by Gasteiger charge is -2.47. The molecule has 0 bridgehead atoms. The van der Waals surface area contributed by atoms with Crippen LogP contribution in [0.1, 0.15) is 31.4 Å². The van der Waals surface area contributed by atoms with Crippen LogP contribution >= 0.6 is 0 Å². The van der Waals surface area contributed by atoms with E-state index < -0.39 is 36.2 Å². The molecule has 0 saturated carbocycles. The highest BCUT2D eigenvalue weighted by Gasteiger charge is 2.58. The average Bonchev–Trinajstić information content (AvgIpc) is 3.51. The van der Waals surface area contributed by atoms with E-state index in [0.717, 1.165) is 12.0 Å². The van der Waals surface area contributed by atoms with Crippen molar-refractivity contribution >= 4 is 23.5 Å². The summed E-state index contributed by atoms with van der Waals surface area (Å²) in [6, 6.07) is 10.8. The second-order valence-corrected chi connectivity index (χ2v) is 11.7. The molecule has 0 unspecified atom stereocenters. The summed E-state index contributed by atoms with van der Waals surface area (Å²) in [4.78, 5) is 16.1. The molecule has 0 aliphatic carbocycles. The van der Waals surface area contributed by atoms with Crippen LogP contribution in [0.2, 0.25) is 0 Å². The number of hydrogen-bond donors (Lipinski definition) is 7. The molecule has 0 aromatic heterocycles. The van der Waals surface area contributed by atoms with Gasteiger partial charge in [-0.15, -0.1) is 0 Å². The largest absolute Gasteiger partial charge is 0.508 e. The van der Waals surface area contributed by atoms with E-state index in [1.807, 2.05) is 6.21 Å². The molecule has 3 aliphatic heterocycles. The number of phenols is 1. The van der Waals surface area contributed by atoms with Crippen molar-refractivity contribution in [3.8, 4) is 17.2 Å². The number of allylic oxidation sites excluding steroid dienone is 1. The third kappa shape index (κ3) is 6.44. The number of carbonyl (C=O) groups is 1. The molecular formula is C32H38N2O10. The molecule has 3 heterocycles. The number of carboxylic acid groups (broad SMARTS) is 1. The van der Waals surface area contributed by atoms with Crippen molar-refractivity contribution < 1.29 is 49.6 Å². The Bertz CT molecular complexity index is 1450. The van der Waals surface area contributed by atoms with Crippen LogP contribution in [0.4, 0.5) is 0 Å². The topological polar surface area (TPSA) is 191 Å². The monoisotopic (exact) mass is 610 g/mol. The maximum atomic E-state index is 11.8. The second kappa shape index (κ2) is 13.0. The van der Waals surface area contributed by atoms with Crippen molar-refractivity contribution in [1.29, 1.82) is 0 Å². The minimum Gasteiger partial charge on any atom is -0.508 e. The predicted molar refractivity (Wildman–Crippen MR) is 161 cm³/mol. The van der Waals surface area contributed by atoms with Gasteiger partial charge in [0.15, 0.2) is 11.7 Å². The Hall–Kier alpha value is -3.94. The molecule has 12 nitrogen and oxygen atoms in total. The Balaban J connectivity index is 1.35. The van der Waals surface area contributed by atoms with E-state index in [1.165, 1.54) is 30.3 Å². The lowest BCUT2D eigenvalue weighted by Crippen LogP contribution is -2.71. The smallest absolute Gasteiger partial charge is 0.335 e. The van der Waals surface area contributed by atoms with Crippen LogP contribution in [0.25, 0.3) is 11.3 Å². The van der Waals surface area contributed by atoms with E-state index >= 15 is 0 Å². The quantitative estimate of drug-likeness (QED) is 0.197. The standard InChI is InChI=1S/C32H38N2O10/c1-17(2)20(11-18-9-10-33-13-18)14-34-16-32(41)29(38)27(37)28(30(39)40)44-31(32)43-22-7-8-23-25(12-22)42-15-24(26(23)36)19-3-5-21(35)6-4-19/h3-9,12-13,17,20,27-29,31,34-38,41H,10-11,14-16H2,1-2H3,(H,39,40)/t20-,27+,28-,29-,31+,32+/m0/s1. The summed E-state index contributed by atoms with van der Waals surface area (Å²) >= 11 is 0. The average molecular weight is 611 g/mol. The molecule has 1 fully saturated rings. The van der Waals surface area contributed by atoms with Crippen LogP contribution in [-0.2, 0) is 9.53 Å². The number of aliphatic imine (C=N–C) groups is 1. The Morgan fingerprint density at radius 1 is 1.16 bits per heavy atom. The van der Waals surface area contributed by atoms with Gasteiger partial charge in [0.25, 0.3) is 0 Å². The fourth-order valence-corrected chi connectivity index (χ4v) is 5.57. The highest BCUT2D eigenvalue weighted by atomic mass is 16.7. The molecule has 6 atom stereocenters. The van der Waals surface area contributed by atoms with Crippen LogP contribution in [0.15, 0.2) is 59.1 Å². The first kappa shape index (κ1) is 31.5. The summed E-state index contributed by atoms with van der Waals surface area (Å²) in [7, 11) is 0. The number of aromatic hydroxyl groups is 1. The van der Waals surface area contributed by atoms with E-state index in [1.54, 1.807) is 12.1 Å². The molecule has 0 amide bonds. The molecule has 1 saturated heterocycles. The normalized spacial score (nSPS) is 27.1. The number of nitrogens with zero attached hydrogens (tertiary/aromatic N) is 1. The van der Waals surface area contributed by atoms with Gasteiger partial charge in [-0.05, 0) is 60.2 Å². The number of rotatable bonds is 11. The van der Waals surface area contributed by atoms with Crippen LogP contribution in [0.3, 0.4) is 0 Å². The molecule has 7 N–H and O–H groups in total. The van der Waals surface area contributed by atoms with Crippen LogP contribution in [0.5, 0.6) is 17.2 Å². The number of aliphatic hydroxyl groups is 4. The Labute approximate surface area is 254 Å². The maximum absolute atomic E-state index is 11.8. The van der Waals surface area contributed by atoms with Gasteiger partial charge in [-0.3, -0.25) is 4.99 Å². The fourth-order valence-electron chi connectivity index (χ4n) is 5.57. The maximum Gasteiger partial charge on any atom is 0.335 e. The SMILES string of the molecule is CC(C)[C@H](CNC[C@]1(O)[C@H](Oc2ccc3c(c2)OCC(c2ccc(O)cc2)=C3O)O[C@H](C(=O)O)[C@@H](O)[C@@H]1O)CC1=CCN=C1. The summed E-state index contributed by atoms with van der Waals surface area (Å²) < 4.78 is 17.3. The summed E-state index contributed by atoms with van der Waals surface area (Å²) in [5.74, 6) is -0.652. The molecule has 2 aromatic carbocycles. The van der Waals surface area contributed by atoms with Gasteiger partial charge >= 0.3 is 5.97 Å². The molecule has 2 aromatic rings. The third-order valence-corrected chi connectivity index (χ3v) is 8.36. The number of ether oxygens (including phenoxy) is 3. The number of nitrogens with one attached hydrogen (secondary N) is 1. The van der Waals surface area contributed by atoms with Gasteiger partial charge in [0, 0.05) is 24.4 Å². The van der Waals surface area contributed by atoms with Crippen LogP contribution in [0, 0.1) is 11.8 Å². The molecular weight excluding hydrogens is 572 g/mol. The van der Waals surface area contributed by atoms with Gasteiger partial charge in [-0.1, -0.05) is 32.1 Å². The van der Waals surface area contributed by atoms with Crippen molar-refractivity contribution in [2.75, 3.05) is 26.2 Å². The molecule has 0 spiro atoms. The predicted octanol–water partition coefficient (Wildman–Crippen LogP) is 2.11. The van der Waals surface area contributed by atoms with E-state index in [2.05, 4.69) is 30.2 Å². The first-order valence-corrected chi connectivity index (χ1v) is 14.5. The summed E-state index contributed by atoms with van der Waals surface area (Å²) in [5.41, 5.74) is 0.427. The first-order chi connectivity index (χ1) is 21.0. The van der Waals surface area contributed by atoms with E-state index in [9.17, 15) is 35.4 Å². The van der Waals surface area contributed by atoms with E-state index in [4.69, 9.17) is 14.2 Å². The van der Waals surface area contributed by atoms with Gasteiger partial charge in [0.2, 0.25) is 6.29 Å². The van der Waals surface area contributed by atoms with Crippen LogP contribution < -0.4 is 14.8 Å². The van der Waals surface area contributed by atoms with E-state index in [-0.39, 0.29) is 48.0 Å². The van der Waals surface area contributed by atoms with Gasteiger partial charge in [0.1, 0.15) is 41.8 Å². The van der Waals surface area contributed by atoms with Gasteiger partial charge in [0.05, 0.1) is 12.1 Å². The number of aliphatic carboxylic acids is 1. The van der Waals surface area contributed by atoms with Crippen molar-refractivity contribution in [2.45, 2.75) is 50.5 Å². The lowest BCUT2D eigenvalue weighted by molar-refractivity contribution is -0.311. The van der Waals surface area contributed by atoms with Gasteiger partial charge < -0.3 is 50.2 Å².